The molecule has 17 heavy (non-hydrogen) atoms. The van der Waals surface area contributed by atoms with Crippen molar-refractivity contribution in [3.63, 3.8) is 0 Å². The SMILES string of the molecule is CC1CCCC(NCc2cc(Br)ccc2F)C1. The number of halogens is 2. The van der Waals surface area contributed by atoms with Gasteiger partial charge >= 0.3 is 0 Å². The highest BCUT2D eigenvalue weighted by atomic mass is 79.9. The van der Waals surface area contributed by atoms with Crippen molar-refractivity contribution in [2.24, 2.45) is 5.92 Å². The summed E-state index contributed by atoms with van der Waals surface area (Å²) in [5.41, 5.74) is 0.748. The molecule has 2 atom stereocenters. The second-order valence-electron chi connectivity index (χ2n) is 5.09. The Balaban J connectivity index is 1.90. The Morgan fingerprint density at radius 3 is 3.00 bits per heavy atom. The normalized spacial score (nSPS) is 24.9. The Morgan fingerprint density at radius 2 is 2.24 bits per heavy atom. The molecule has 0 bridgehead atoms. The molecule has 3 heteroatoms. The zero-order valence-electron chi connectivity index (χ0n) is 10.2. The first-order valence-electron chi connectivity index (χ1n) is 6.32. The summed E-state index contributed by atoms with van der Waals surface area (Å²) in [6, 6.07) is 5.66. The van der Waals surface area contributed by atoms with Crippen molar-refractivity contribution in [2.75, 3.05) is 0 Å². The van der Waals surface area contributed by atoms with E-state index in [0.717, 1.165) is 16.0 Å². The van der Waals surface area contributed by atoms with Crippen LogP contribution in [0.4, 0.5) is 4.39 Å². The molecule has 1 nitrogen and oxygen atoms in total. The zero-order chi connectivity index (χ0) is 12.3. The van der Waals surface area contributed by atoms with Crippen LogP contribution >= 0.6 is 15.9 Å². The van der Waals surface area contributed by atoms with Crippen LogP contribution in [0.1, 0.15) is 38.2 Å². The van der Waals surface area contributed by atoms with E-state index in [-0.39, 0.29) is 5.82 Å². The highest BCUT2D eigenvalue weighted by Gasteiger charge is 2.18. The van der Waals surface area contributed by atoms with Crippen molar-refractivity contribution in [1.82, 2.24) is 5.32 Å². The Morgan fingerprint density at radius 1 is 1.41 bits per heavy atom. The van der Waals surface area contributed by atoms with Crippen LogP contribution in [0.2, 0.25) is 0 Å². The number of hydrogen-bond donors (Lipinski definition) is 1. The van der Waals surface area contributed by atoms with Gasteiger partial charge in [-0.05, 0) is 37.0 Å². The van der Waals surface area contributed by atoms with Gasteiger partial charge in [-0.25, -0.2) is 4.39 Å². The van der Waals surface area contributed by atoms with E-state index in [4.69, 9.17) is 0 Å². The third-order valence-corrected chi connectivity index (χ3v) is 4.02. The number of benzene rings is 1. The third kappa shape index (κ3) is 3.78. The summed E-state index contributed by atoms with van der Waals surface area (Å²) in [7, 11) is 0. The molecule has 1 aliphatic carbocycles. The van der Waals surface area contributed by atoms with Gasteiger partial charge in [0.15, 0.2) is 0 Å². The quantitative estimate of drug-likeness (QED) is 0.879. The van der Waals surface area contributed by atoms with Crippen LogP contribution in [0.3, 0.4) is 0 Å². The summed E-state index contributed by atoms with van der Waals surface area (Å²) in [6.07, 6.45) is 5.07. The third-order valence-electron chi connectivity index (χ3n) is 3.53. The van der Waals surface area contributed by atoms with Crippen LogP contribution in [0.15, 0.2) is 22.7 Å². The van der Waals surface area contributed by atoms with E-state index in [1.165, 1.54) is 31.7 Å². The van der Waals surface area contributed by atoms with Gasteiger partial charge in [-0.2, -0.15) is 0 Å². The molecule has 2 rings (SSSR count). The summed E-state index contributed by atoms with van der Waals surface area (Å²) in [4.78, 5) is 0. The molecule has 0 aliphatic heterocycles. The lowest BCUT2D eigenvalue weighted by Gasteiger charge is -2.27. The predicted octanol–water partition coefficient (Wildman–Crippen LogP) is 4.26. The molecular weight excluding hydrogens is 281 g/mol. The molecule has 1 fully saturated rings. The van der Waals surface area contributed by atoms with Crippen molar-refractivity contribution in [3.05, 3.63) is 34.1 Å². The van der Waals surface area contributed by atoms with Crippen molar-refractivity contribution in [2.45, 2.75) is 45.2 Å². The van der Waals surface area contributed by atoms with Crippen molar-refractivity contribution in [1.29, 1.82) is 0 Å². The van der Waals surface area contributed by atoms with Gasteiger partial charge in [0, 0.05) is 22.6 Å². The van der Waals surface area contributed by atoms with Crippen LogP contribution in [0.25, 0.3) is 0 Å². The molecule has 0 radical (unpaired) electrons. The van der Waals surface area contributed by atoms with E-state index in [9.17, 15) is 4.39 Å². The standard InChI is InChI=1S/C14H19BrFN/c1-10-3-2-4-13(7-10)17-9-11-8-12(15)5-6-14(11)16/h5-6,8,10,13,17H,2-4,7,9H2,1H3. The van der Waals surface area contributed by atoms with Gasteiger partial charge in [0.25, 0.3) is 0 Å². The molecule has 0 amide bonds. The fraction of sp³-hybridized carbons (Fsp3) is 0.571. The molecule has 1 aromatic carbocycles. The van der Waals surface area contributed by atoms with Gasteiger partial charge in [-0.1, -0.05) is 35.7 Å². The Bertz CT molecular complexity index is 380. The van der Waals surface area contributed by atoms with E-state index in [1.807, 2.05) is 6.07 Å². The minimum atomic E-state index is -0.121. The van der Waals surface area contributed by atoms with Crippen molar-refractivity contribution < 1.29 is 4.39 Å². The van der Waals surface area contributed by atoms with E-state index in [1.54, 1.807) is 6.07 Å². The maximum atomic E-state index is 13.5. The van der Waals surface area contributed by atoms with Gasteiger partial charge in [0.1, 0.15) is 5.82 Å². The van der Waals surface area contributed by atoms with E-state index in [2.05, 4.69) is 28.2 Å². The fourth-order valence-corrected chi connectivity index (χ4v) is 2.96. The van der Waals surface area contributed by atoms with Gasteiger partial charge < -0.3 is 5.32 Å². The second-order valence-corrected chi connectivity index (χ2v) is 6.00. The number of nitrogens with one attached hydrogen (secondary N) is 1. The summed E-state index contributed by atoms with van der Waals surface area (Å²) in [6.45, 7) is 2.93. The van der Waals surface area contributed by atoms with Crippen molar-refractivity contribution >= 4 is 15.9 Å². The molecule has 0 aromatic heterocycles. The molecule has 0 saturated heterocycles. The number of hydrogen-bond acceptors (Lipinski definition) is 1. The van der Waals surface area contributed by atoms with Gasteiger partial charge in [0.05, 0.1) is 0 Å². The lowest BCUT2D eigenvalue weighted by atomic mass is 9.87. The lowest BCUT2D eigenvalue weighted by molar-refractivity contribution is 0.299. The van der Waals surface area contributed by atoms with Gasteiger partial charge in [-0.15, -0.1) is 0 Å². The minimum Gasteiger partial charge on any atom is -0.310 e. The first kappa shape index (κ1) is 13.0. The molecular formula is C14H19BrFN. The van der Waals surface area contributed by atoms with Crippen LogP contribution in [0.5, 0.6) is 0 Å². The summed E-state index contributed by atoms with van der Waals surface area (Å²) in [5, 5.41) is 3.48. The highest BCUT2D eigenvalue weighted by Crippen LogP contribution is 2.24. The Kier molecular flexibility index (Phi) is 4.57. The molecule has 94 valence electrons. The molecule has 1 saturated carbocycles. The smallest absolute Gasteiger partial charge is 0.127 e. The van der Waals surface area contributed by atoms with Crippen LogP contribution in [-0.2, 0) is 6.54 Å². The predicted molar refractivity (Wildman–Crippen MR) is 72.4 cm³/mol. The maximum absolute atomic E-state index is 13.5. The first-order valence-corrected chi connectivity index (χ1v) is 7.12. The molecule has 2 unspecified atom stereocenters. The van der Waals surface area contributed by atoms with Crippen molar-refractivity contribution in [3.8, 4) is 0 Å². The second kappa shape index (κ2) is 5.96. The minimum absolute atomic E-state index is 0.121. The Labute approximate surface area is 111 Å². The molecule has 1 N–H and O–H groups in total. The van der Waals surface area contributed by atoms with Crippen LogP contribution in [-0.4, -0.2) is 6.04 Å². The highest BCUT2D eigenvalue weighted by molar-refractivity contribution is 9.10. The molecule has 0 heterocycles. The average molecular weight is 300 g/mol. The largest absolute Gasteiger partial charge is 0.310 e. The Hall–Kier alpha value is -0.410. The van der Waals surface area contributed by atoms with Gasteiger partial charge in [0.2, 0.25) is 0 Å². The first-order chi connectivity index (χ1) is 8.15. The fourth-order valence-electron chi connectivity index (χ4n) is 2.55. The summed E-state index contributed by atoms with van der Waals surface area (Å²) in [5.74, 6) is 0.679. The van der Waals surface area contributed by atoms with Crippen LogP contribution in [0, 0.1) is 11.7 Å². The molecule has 1 aromatic rings. The molecule has 0 spiro atoms. The van der Waals surface area contributed by atoms with Crippen LogP contribution < -0.4 is 5.32 Å². The topological polar surface area (TPSA) is 12.0 Å². The van der Waals surface area contributed by atoms with E-state index >= 15 is 0 Å². The monoisotopic (exact) mass is 299 g/mol. The van der Waals surface area contributed by atoms with Gasteiger partial charge in [-0.3, -0.25) is 0 Å². The maximum Gasteiger partial charge on any atom is 0.127 e. The van der Waals surface area contributed by atoms with E-state index in [0.29, 0.717) is 12.6 Å². The average Bonchev–Trinajstić information content (AvgIpc) is 2.30. The van der Waals surface area contributed by atoms with E-state index < -0.39 is 0 Å². The number of rotatable bonds is 3. The molecule has 1 aliphatic rings. The summed E-state index contributed by atoms with van der Waals surface area (Å²) < 4.78 is 14.5. The lowest BCUT2D eigenvalue weighted by Crippen LogP contribution is -2.33. The summed E-state index contributed by atoms with van der Waals surface area (Å²) >= 11 is 3.38. The zero-order valence-corrected chi connectivity index (χ0v) is 11.8.